The molecule has 0 unspecified atom stereocenters. The first-order chi connectivity index (χ1) is 6.81. The van der Waals surface area contributed by atoms with Crippen molar-refractivity contribution in [3.63, 3.8) is 0 Å². The summed E-state index contributed by atoms with van der Waals surface area (Å²) in [5, 5.41) is 17.3. The van der Waals surface area contributed by atoms with Gasteiger partial charge in [0.1, 0.15) is 0 Å². The van der Waals surface area contributed by atoms with Crippen LogP contribution in [0.2, 0.25) is 6.32 Å². The third-order valence-electron chi connectivity index (χ3n) is 2.27. The molecule has 0 aromatic carbocycles. The minimum absolute atomic E-state index is 0.548. The molecule has 0 aromatic rings. The van der Waals surface area contributed by atoms with Crippen molar-refractivity contribution in [1.29, 1.82) is 0 Å². The fourth-order valence-corrected chi connectivity index (χ4v) is 1.41. The van der Waals surface area contributed by atoms with Gasteiger partial charge in [-0.1, -0.05) is 51.9 Å². The van der Waals surface area contributed by atoms with E-state index >= 15 is 0 Å². The van der Waals surface area contributed by atoms with Crippen LogP contribution in [-0.2, 0) is 4.57 Å². The molecular weight excluding hydrogens is 178 g/mol. The minimum Gasteiger partial charge on any atom is -0.453 e. The molecule has 0 saturated carbocycles. The Balaban J connectivity index is 2.98. The van der Waals surface area contributed by atoms with Crippen molar-refractivity contribution in [2.75, 3.05) is 0 Å². The second-order valence-corrected chi connectivity index (χ2v) is 3.61. The van der Waals surface area contributed by atoms with E-state index in [4.69, 9.17) is 10.0 Å². The van der Waals surface area contributed by atoms with Crippen LogP contribution in [0.5, 0.6) is 0 Å². The lowest BCUT2D eigenvalue weighted by Crippen LogP contribution is -2.19. The number of hydrogen-bond donors (Lipinski definition) is 2. The van der Waals surface area contributed by atoms with Gasteiger partial charge in [0.25, 0.3) is 0 Å². The topological polar surface area (TPSA) is 49.7 Å². The maximum absolute atomic E-state index is 9.08. The minimum atomic E-state index is -0.837. The second kappa shape index (κ2) is 11.1. The molecule has 0 aromatic heterocycles. The van der Waals surface area contributed by atoms with Gasteiger partial charge in [0.05, 0.1) is 0 Å². The first-order valence-electron chi connectivity index (χ1n) is 5.60. The lowest BCUT2D eigenvalue weighted by molar-refractivity contribution is 0.376. The molecular formula is C9H21B2O3. The van der Waals surface area contributed by atoms with Crippen molar-refractivity contribution in [2.24, 2.45) is 0 Å². The fraction of sp³-hybridized carbons (Fsp3) is 1.00. The van der Waals surface area contributed by atoms with Crippen molar-refractivity contribution >= 4 is 14.8 Å². The summed E-state index contributed by atoms with van der Waals surface area (Å²) < 4.78 is 4.47. The molecule has 3 nitrogen and oxygen atoms in total. The largest absolute Gasteiger partial charge is 0.470 e. The maximum Gasteiger partial charge on any atom is 0.470 e. The average molecular weight is 199 g/mol. The van der Waals surface area contributed by atoms with Gasteiger partial charge >= 0.3 is 14.8 Å². The fourth-order valence-electron chi connectivity index (χ4n) is 1.41. The quantitative estimate of drug-likeness (QED) is 0.416. The van der Waals surface area contributed by atoms with Crippen LogP contribution in [0.3, 0.4) is 0 Å². The molecule has 0 aliphatic heterocycles. The lowest BCUT2D eigenvalue weighted by atomic mass is 9.81. The lowest BCUT2D eigenvalue weighted by Gasteiger charge is -2.04. The molecule has 0 spiro atoms. The number of unbranched alkanes of at least 4 members (excludes halogenated alkanes) is 6. The smallest absolute Gasteiger partial charge is 0.453 e. The van der Waals surface area contributed by atoms with Crippen LogP contribution in [0.1, 0.15) is 51.9 Å². The van der Waals surface area contributed by atoms with Gasteiger partial charge in [-0.25, -0.2) is 0 Å². The predicted molar refractivity (Wildman–Crippen MR) is 59.8 cm³/mol. The van der Waals surface area contributed by atoms with Crippen LogP contribution >= 0.6 is 0 Å². The third kappa shape index (κ3) is 10.1. The standard InChI is InChI=1S/C9H21B2O3/c1-2-3-4-5-6-7-8-9-11(13)14-10-12/h12-13H,2-9H2,1H3. The zero-order valence-corrected chi connectivity index (χ0v) is 9.11. The van der Waals surface area contributed by atoms with Crippen LogP contribution in [-0.4, -0.2) is 24.9 Å². The van der Waals surface area contributed by atoms with Crippen LogP contribution in [0.15, 0.2) is 0 Å². The van der Waals surface area contributed by atoms with Gasteiger partial charge in [-0.3, -0.25) is 0 Å². The number of hydrogen-bond acceptors (Lipinski definition) is 3. The van der Waals surface area contributed by atoms with Crippen molar-refractivity contribution in [1.82, 2.24) is 0 Å². The number of rotatable bonds is 10. The highest BCUT2D eigenvalue weighted by Gasteiger charge is 2.11. The molecule has 2 N–H and O–H groups in total. The predicted octanol–water partition coefficient (Wildman–Crippen LogP) is 1.76. The summed E-state index contributed by atoms with van der Waals surface area (Å²) in [6.07, 6.45) is 9.14. The Labute approximate surface area is 88.3 Å². The normalized spacial score (nSPS) is 10.2. The molecule has 0 heterocycles. The first-order valence-corrected chi connectivity index (χ1v) is 5.60. The van der Waals surface area contributed by atoms with Gasteiger partial charge in [-0.05, 0) is 6.32 Å². The summed E-state index contributed by atoms with van der Waals surface area (Å²) >= 11 is 0. The zero-order chi connectivity index (χ0) is 10.6. The molecule has 0 atom stereocenters. The maximum atomic E-state index is 9.08. The van der Waals surface area contributed by atoms with E-state index in [9.17, 15) is 0 Å². The van der Waals surface area contributed by atoms with Crippen molar-refractivity contribution in [2.45, 2.75) is 58.2 Å². The molecule has 1 radical (unpaired) electrons. The molecule has 0 saturated heterocycles. The highest BCUT2D eigenvalue weighted by molar-refractivity contribution is 6.49. The van der Waals surface area contributed by atoms with Crippen molar-refractivity contribution < 1.29 is 14.6 Å². The highest BCUT2D eigenvalue weighted by Crippen LogP contribution is 2.09. The summed E-state index contributed by atoms with van der Waals surface area (Å²) in [7, 11) is -0.290. The average Bonchev–Trinajstić information content (AvgIpc) is 2.17. The van der Waals surface area contributed by atoms with Crippen LogP contribution in [0.4, 0.5) is 0 Å². The van der Waals surface area contributed by atoms with E-state index in [0.717, 1.165) is 12.8 Å². The zero-order valence-electron chi connectivity index (χ0n) is 9.11. The van der Waals surface area contributed by atoms with Gasteiger partial charge in [0, 0.05) is 0 Å². The van der Waals surface area contributed by atoms with Gasteiger partial charge < -0.3 is 14.6 Å². The molecule has 0 aliphatic rings. The summed E-state index contributed by atoms with van der Waals surface area (Å²) in [4.78, 5) is 0. The second-order valence-electron chi connectivity index (χ2n) is 3.61. The first kappa shape index (κ1) is 14.0. The van der Waals surface area contributed by atoms with E-state index in [-0.39, 0.29) is 0 Å². The molecule has 0 amide bonds. The molecule has 14 heavy (non-hydrogen) atoms. The molecule has 81 valence electrons. The van der Waals surface area contributed by atoms with E-state index in [1.165, 1.54) is 32.1 Å². The molecule has 0 bridgehead atoms. The van der Waals surface area contributed by atoms with Crippen molar-refractivity contribution in [3.05, 3.63) is 0 Å². The van der Waals surface area contributed by atoms with E-state index in [2.05, 4.69) is 11.5 Å². The summed E-state index contributed by atoms with van der Waals surface area (Å²) in [5.41, 5.74) is 0. The highest BCUT2D eigenvalue weighted by atomic mass is 16.5. The summed E-state index contributed by atoms with van der Waals surface area (Å²) in [6.45, 7) is 2.21. The van der Waals surface area contributed by atoms with Gasteiger partial charge in [0.15, 0.2) is 0 Å². The van der Waals surface area contributed by atoms with Crippen LogP contribution in [0.25, 0.3) is 0 Å². The molecule has 0 aliphatic carbocycles. The van der Waals surface area contributed by atoms with E-state index in [1.807, 2.05) is 0 Å². The Morgan fingerprint density at radius 1 is 1.07 bits per heavy atom. The van der Waals surface area contributed by atoms with Crippen LogP contribution < -0.4 is 0 Å². The van der Waals surface area contributed by atoms with Gasteiger partial charge in [0.2, 0.25) is 0 Å². The van der Waals surface area contributed by atoms with Crippen molar-refractivity contribution in [3.8, 4) is 0 Å². The van der Waals surface area contributed by atoms with Gasteiger partial charge in [-0.15, -0.1) is 0 Å². The van der Waals surface area contributed by atoms with Crippen LogP contribution in [0, 0.1) is 0 Å². The Morgan fingerprint density at radius 3 is 2.21 bits per heavy atom. The van der Waals surface area contributed by atoms with Gasteiger partial charge in [-0.2, -0.15) is 0 Å². The van der Waals surface area contributed by atoms with E-state index in [0.29, 0.717) is 14.0 Å². The molecule has 5 heteroatoms. The monoisotopic (exact) mass is 199 g/mol. The molecule has 0 rings (SSSR count). The third-order valence-corrected chi connectivity index (χ3v) is 2.27. The van der Waals surface area contributed by atoms with E-state index in [1.54, 1.807) is 0 Å². The summed E-state index contributed by atoms with van der Waals surface area (Å²) in [5.74, 6) is 0. The SMILES string of the molecule is CCCCCCCCCB(O)O[B]O. The molecule has 0 fully saturated rings. The Kier molecular flexibility index (Phi) is 11.1. The van der Waals surface area contributed by atoms with E-state index < -0.39 is 7.12 Å². The Hall–Kier alpha value is 0.00987. The summed E-state index contributed by atoms with van der Waals surface area (Å²) in [6, 6.07) is 0. The Morgan fingerprint density at radius 2 is 1.64 bits per heavy atom. The Bertz CT molecular complexity index is 114.